The third kappa shape index (κ3) is 3.43. The SMILES string of the molecule is Cc1cc(C)cc(OCn2ccc(C(=O)NC34CC5CC(CC(C5)C3)C4)n2)c1. The Morgan fingerprint density at radius 1 is 1.11 bits per heavy atom. The van der Waals surface area contributed by atoms with Gasteiger partial charge in [-0.25, -0.2) is 4.68 Å². The number of nitrogens with one attached hydrogen (secondary N) is 1. The lowest BCUT2D eigenvalue weighted by atomic mass is 9.53. The smallest absolute Gasteiger partial charge is 0.272 e. The number of nitrogens with zero attached hydrogens (tertiary/aromatic N) is 2. The molecule has 1 heterocycles. The molecule has 0 aliphatic heterocycles. The molecule has 4 aliphatic rings. The second-order valence-electron chi connectivity index (χ2n) is 9.49. The third-order valence-corrected chi connectivity index (χ3v) is 6.85. The van der Waals surface area contributed by atoms with Gasteiger partial charge < -0.3 is 10.1 Å². The minimum Gasteiger partial charge on any atom is -0.471 e. The minimum atomic E-state index is -0.0351. The van der Waals surface area contributed by atoms with E-state index in [9.17, 15) is 4.79 Å². The van der Waals surface area contributed by atoms with E-state index in [1.165, 1.54) is 30.4 Å². The van der Waals surface area contributed by atoms with Gasteiger partial charge in [-0.05, 0) is 99.5 Å². The molecule has 1 aromatic carbocycles. The van der Waals surface area contributed by atoms with Gasteiger partial charge in [-0.15, -0.1) is 0 Å². The van der Waals surface area contributed by atoms with Crippen molar-refractivity contribution in [3.63, 3.8) is 0 Å². The van der Waals surface area contributed by atoms with Crippen molar-refractivity contribution >= 4 is 5.91 Å². The van der Waals surface area contributed by atoms with Crippen LogP contribution in [-0.2, 0) is 6.73 Å². The summed E-state index contributed by atoms with van der Waals surface area (Å²) in [5, 5.41) is 7.84. The molecular weight excluding hydrogens is 350 g/mol. The molecule has 28 heavy (non-hydrogen) atoms. The normalized spacial score (nSPS) is 30.4. The van der Waals surface area contributed by atoms with E-state index in [0.717, 1.165) is 42.8 Å². The van der Waals surface area contributed by atoms with Gasteiger partial charge in [0.05, 0.1) is 0 Å². The van der Waals surface area contributed by atoms with Crippen molar-refractivity contribution in [3.8, 4) is 5.75 Å². The first-order valence-electron chi connectivity index (χ1n) is 10.5. The quantitative estimate of drug-likeness (QED) is 0.846. The molecule has 4 aliphatic carbocycles. The molecule has 0 unspecified atom stereocenters. The van der Waals surface area contributed by atoms with Crippen LogP contribution < -0.4 is 10.1 Å². The van der Waals surface area contributed by atoms with Crippen LogP contribution in [0.2, 0.25) is 0 Å². The summed E-state index contributed by atoms with van der Waals surface area (Å²) in [6.07, 6.45) is 9.40. The van der Waals surface area contributed by atoms with Gasteiger partial charge in [-0.2, -0.15) is 5.10 Å². The molecule has 1 N–H and O–H groups in total. The molecule has 148 valence electrons. The Bertz CT molecular complexity index is 845. The number of rotatable bonds is 5. The van der Waals surface area contributed by atoms with Crippen LogP contribution in [0.3, 0.4) is 0 Å². The molecule has 4 saturated carbocycles. The molecule has 0 saturated heterocycles. The van der Waals surface area contributed by atoms with Crippen LogP contribution >= 0.6 is 0 Å². The van der Waals surface area contributed by atoms with Crippen LogP contribution in [0.15, 0.2) is 30.5 Å². The molecule has 4 bridgehead atoms. The molecule has 5 heteroatoms. The number of benzene rings is 1. The van der Waals surface area contributed by atoms with Crippen molar-refractivity contribution in [1.82, 2.24) is 15.1 Å². The number of carbonyl (C=O) groups is 1. The lowest BCUT2D eigenvalue weighted by Gasteiger charge is -2.56. The first-order valence-corrected chi connectivity index (χ1v) is 10.5. The van der Waals surface area contributed by atoms with Crippen molar-refractivity contribution in [3.05, 3.63) is 47.3 Å². The van der Waals surface area contributed by atoms with E-state index in [-0.39, 0.29) is 11.4 Å². The van der Waals surface area contributed by atoms with Crippen molar-refractivity contribution in [1.29, 1.82) is 0 Å². The predicted octanol–water partition coefficient (Wildman–Crippen LogP) is 4.24. The topological polar surface area (TPSA) is 56.1 Å². The van der Waals surface area contributed by atoms with Crippen LogP contribution in [0.25, 0.3) is 0 Å². The summed E-state index contributed by atoms with van der Waals surface area (Å²) in [5.41, 5.74) is 2.85. The molecule has 0 spiro atoms. The maximum absolute atomic E-state index is 12.9. The molecule has 5 nitrogen and oxygen atoms in total. The highest BCUT2D eigenvalue weighted by Gasteiger charge is 2.51. The average molecular weight is 380 g/mol. The largest absolute Gasteiger partial charge is 0.471 e. The van der Waals surface area contributed by atoms with E-state index in [2.05, 4.69) is 30.3 Å². The number of hydrogen-bond donors (Lipinski definition) is 1. The molecule has 1 amide bonds. The Kier molecular flexibility index (Phi) is 4.22. The zero-order chi connectivity index (χ0) is 19.3. The number of aromatic nitrogens is 2. The van der Waals surface area contributed by atoms with Gasteiger partial charge in [0.1, 0.15) is 11.4 Å². The van der Waals surface area contributed by atoms with Crippen molar-refractivity contribution < 1.29 is 9.53 Å². The minimum absolute atomic E-state index is 0.0191. The number of amides is 1. The molecule has 1 aromatic heterocycles. The maximum atomic E-state index is 12.9. The van der Waals surface area contributed by atoms with Crippen LogP contribution in [0, 0.1) is 31.6 Å². The Morgan fingerprint density at radius 3 is 2.32 bits per heavy atom. The van der Waals surface area contributed by atoms with Crippen LogP contribution in [0.4, 0.5) is 0 Å². The summed E-state index contributed by atoms with van der Waals surface area (Å²) < 4.78 is 7.54. The van der Waals surface area contributed by atoms with E-state index in [1.54, 1.807) is 10.7 Å². The predicted molar refractivity (Wildman–Crippen MR) is 107 cm³/mol. The monoisotopic (exact) mass is 379 g/mol. The second-order valence-corrected chi connectivity index (χ2v) is 9.49. The fraction of sp³-hybridized carbons (Fsp3) is 0.565. The summed E-state index contributed by atoms with van der Waals surface area (Å²) in [7, 11) is 0. The Morgan fingerprint density at radius 2 is 1.71 bits per heavy atom. The van der Waals surface area contributed by atoms with E-state index in [4.69, 9.17) is 4.74 Å². The van der Waals surface area contributed by atoms with Gasteiger partial charge in [0.2, 0.25) is 0 Å². The fourth-order valence-corrected chi connectivity index (χ4v) is 6.28. The molecule has 0 radical (unpaired) electrons. The molecule has 4 fully saturated rings. The summed E-state index contributed by atoms with van der Waals surface area (Å²) in [6.45, 7) is 4.41. The van der Waals surface area contributed by atoms with Gasteiger partial charge >= 0.3 is 0 Å². The Balaban J connectivity index is 1.23. The zero-order valence-corrected chi connectivity index (χ0v) is 16.8. The summed E-state index contributed by atoms with van der Waals surface area (Å²) in [6, 6.07) is 7.93. The van der Waals surface area contributed by atoms with Crippen molar-refractivity contribution in [2.24, 2.45) is 17.8 Å². The summed E-state index contributed by atoms with van der Waals surface area (Å²) >= 11 is 0. The maximum Gasteiger partial charge on any atom is 0.272 e. The van der Waals surface area contributed by atoms with Crippen LogP contribution in [0.5, 0.6) is 5.75 Å². The lowest BCUT2D eigenvalue weighted by Crippen LogP contribution is -2.59. The zero-order valence-electron chi connectivity index (χ0n) is 16.8. The number of aryl methyl sites for hydroxylation is 2. The van der Waals surface area contributed by atoms with E-state index in [0.29, 0.717) is 12.4 Å². The number of ether oxygens (including phenoxy) is 1. The molecule has 2 aromatic rings. The van der Waals surface area contributed by atoms with E-state index >= 15 is 0 Å². The first-order chi connectivity index (χ1) is 13.5. The van der Waals surface area contributed by atoms with Crippen LogP contribution in [-0.4, -0.2) is 21.2 Å². The molecular formula is C23H29N3O2. The highest BCUT2D eigenvalue weighted by molar-refractivity contribution is 5.92. The fourth-order valence-electron chi connectivity index (χ4n) is 6.28. The van der Waals surface area contributed by atoms with Crippen molar-refractivity contribution in [2.45, 2.75) is 64.6 Å². The van der Waals surface area contributed by atoms with Crippen molar-refractivity contribution in [2.75, 3.05) is 0 Å². The second kappa shape index (κ2) is 6.64. The van der Waals surface area contributed by atoms with E-state index in [1.807, 2.05) is 18.3 Å². The van der Waals surface area contributed by atoms with Gasteiger partial charge in [-0.3, -0.25) is 4.79 Å². The highest BCUT2D eigenvalue weighted by Crippen LogP contribution is 2.55. The van der Waals surface area contributed by atoms with Gasteiger partial charge in [0.25, 0.3) is 5.91 Å². The first kappa shape index (κ1) is 17.8. The van der Waals surface area contributed by atoms with Gasteiger partial charge in [0, 0.05) is 11.7 Å². The van der Waals surface area contributed by atoms with Crippen LogP contribution in [0.1, 0.15) is 60.1 Å². The lowest BCUT2D eigenvalue weighted by molar-refractivity contribution is -0.0168. The standard InChI is InChI=1S/C23H29N3O2/c1-15-5-16(2)7-20(6-15)28-14-26-4-3-21(25-26)22(27)24-23-11-17-8-18(12-23)10-19(9-17)13-23/h3-7,17-19H,8-14H2,1-2H3,(H,24,27). The molecule has 0 atom stereocenters. The third-order valence-electron chi connectivity index (χ3n) is 6.85. The highest BCUT2D eigenvalue weighted by atomic mass is 16.5. The average Bonchev–Trinajstić information content (AvgIpc) is 3.07. The van der Waals surface area contributed by atoms with Gasteiger partial charge in [-0.1, -0.05) is 6.07 Å². The molecule has 6 rings (SSSR count). The summed E-state index contributed by atoms with van der Waals surface area (Å²) in [4.78, 5) is 12.9. The Labute approximate surface area is 166 Å². The number of carbonyl (C=O) groups excluding carboxylic acids is 1. The summed E-state index contributed by atoms with van der Waals surface area (Å²) in [5.74, 6) is 3.24. The van der Waals surface area contributed by atoms with E-state index < -0.39 is 0 Å². The van der Waals surface area contributed by atoms with Gasteiger partial charge in [0.15, 0.2) is 6.73 Å². The number of hydrogen-bond acceptors (Lipinski definition) is 3. The Hall–Kier alpha value is -2.30.